The average Bonchev–Trinajstić information content (AvgIpc) is 3.63. The van der Waals surface area contributed by atoms with Crippen molar-refractivity contribution in [3.05, 3.63) is 88.8 Å². The van der Waals surface area contributed by atoms with Crippen LogP contribution in [0.25, 0.3) is 11.0 Å². The summed E-state index contributed by atoms with van der Waals surface area (Å²) in [5, 5.41) is 5.27. The van der Waals surface area contributed by atoms with Gasteiger partial charge in [-0.1, -0.05) is 32.1 Å². The van der Waals surface area contributed by atoms with Crippen molar-refractivity contribution in [1.82, 2.24) is 29.7 Å². The molecule has 1 aromatic carbocycles. The lowest BCUT2D eigenvalue weighted by Gasteiger charge is -2.17. The van der Waals surface area contributed by atoms with E-state index in [1.54, 1.807) is 32.4 Å². The molecule has 0 fully saturated rings. The predicted octanol–water partition coefficient (Wildman–Crippen LogP) is 3.12. The molecule has 0 unspecified atom stereocenters. The summed E-state index contributed by atoms with van der Waals surface area (Å²) in [4.78, 5) is 64.2. The number of hydrogen-bond acceptors (Lipinski definition) is 7. The van der Waals surface area contributed by atoms with E-state index in [0.29, 0.717) is 18.2 Å². The number of benzene rings is 1. The summed E-state index contributed by atoms with van der Waals surface area (Å²) >= 11 is 0. The van der Waals surface area contributed by atoms with Crippen LogP contribution in [0.3, 0.4) is 0 Å². The van der Waals surface area contributed by atoms with E-state index in [1.807, 2.05) is 12.1 Å². The lowest BCUT2D eigenvalue weighted by atomic mass is 10.0. The van der Waals surface area contributed by atoms with Crippen molar-refractivity contribution in [3.8, 4) is 0 Å². The topological polar surface area (TPSA) is 155 Å². The first-order chi connectivity index (χ1) is 20.1. The summed E-state index contributed by atoms with van der Waals surface area (Å²) in [5.74, 6) is -0.398. The highest BCUT2D eigenvalue weighted by atomic mass is 16.3. The van der Waals surface area contributed by atoms with Gasteiger partial charge in [0.25, 0.3) is 11.5 Å². The summed E-state index contributed by atoms with van der Waals surface area (Å²) in [6, 6.07) is 8.13. The smallest absolute Gasteiger partial charge is 0.289 e. The van der Waals surface area contributed by atoms with Gasteiger partial charge in [0.15, 0.2) is 6.39 Å². The maximum Gasteiger partial charge on any atom is 0.289 e. The van der Waals surface area contributed by atoms with Crippen molar-refractivity contribution in [1.29, 1.82) is 0 Å². The Morgan fingerprint density at radius 2 is 1.98 bits per heavy atom. The number of carbonyl (C=O) groups is 3. The highest BCUT2D eigenvalue weighted by molar-refractivity contribution is 6.00. The molecular weight excluding hydrogens is 538 g/mol. The fourth-order valence-corrected chi connectivity index (χ4v) is 4.38. The third kappa shape index (κ3) is 7.59. The molecule has 0 spiro atoms. The molecule has 0 bridgehead atoms. The number of H-pyrrole nitrogens is 1. The molecule has 220 valence electrons. The number of fused-ring (bicyclic) bond motifs is 1. The lowest BCUT2D eigenvalue weighted by molar-refractivity contribution is -0.123. The molecule has 0 aliphatic rings. The number of aromatic nitrogens is 4. The predicted molar refractivity (Wildman–Crippen MR) is 158 cm³/mol. The van der Waals surface area contributed by atoms with Gasteiger partial charge >= 0.3 is 0 Å². The number of imidazole rings is 1. The highest BCUT2D eigenvalue weighted by Crippen LogP contribution is 2.20. The van der Waals surface area contributed by atoms with Crippen molar-refractivity contribution < 1.29 is 18.8 Å². The second kappa shape index (κ2) is 13.6. The van der Waals surface area contributed by atoms with Gasteiger partial charge in [0.2, 0.25) is 17.6 Å². The number of rotatable bonds is 12. The van der Waals surface area contributed by atoms with Crippen LogP contribution < -0.4 is 16.2 Å². The number of nitrogens with zero attached hydrogens (tertiary/aromatic N) is 4. The van der Waals surface area contributed by atoms with Crippen LogP contribution >= 0.6 is 0 Å². The fraction of sp³-hybridized carbons (Fsp3) is 0.333. The third-order valence-corrected chi connectivity index (χ3v) is 6.47. The summed E-state index contributed by atoms with van der Waals surface area (Å²) in [5.41, 5.74) is 2.54. The van der Waals surface area contributed by atoms with Crippen LogP contribution in [0.2, 0.25) is 0 Å². The van der Waals surface area contributed by atoms with E-state index in [4.69, 9.17) is 9.40 Å². The van der Waals surface area contributed by atoms with Crippen LogP contribution in [0.15, 0.2) is 70.5 Å². The van der Waals surface area contributed by atoms with Crippen LogP contribution in [0, 0.1) is 5.92 Å². The molecule has 3 amide bonds. The molecule has 42 heavy (non-hydrogen) atoms. The van der Waals surface area contributed by atoms with Gasteiger partial charge in [-0.05, 0) is 55.0 Å². The summed E-state index contributed by atoms with van der Waals surface area (Å²) < 4.78 is 6.49. The van der Waals surface area contributed by atoms with Crippen molar-refractivity contribution in [2.45, 2.75) is 45.7 Å². The number of anilines is 1. The molecule has 3 N–H and O–H groups in total. The van der Waals surface area contributed by atoms with E-state index in [1.165, 1.54) is 27.8 Å². The Bertz CT molecular complexity index is 1630. The molecule has 0 saturated carbocycles. The van der Waals surface area contributed by atoms with E-state index >= 15 is 0 Å². The quantitative estimate of drug-likeness (QED) is 0.220. The number of likely N-dealkylation sites (N-methyl/N-ethyl adjacent to an activating group) is 1. The Balaban J connectivity index is 1.50. The van der Waals surface area contributed by atoms with E-state index in [-0.39, 0.29) is 30.3 Å². The summed E-state index contributed by atoms with van der Waals surface area (Å²) in [6.45, 7) is 4.48. The van der Waals surface area contributed by atoms with Crippen molar-refractivity contribution in [3.63, 3.8) is 0 Å². The molecule has 0 saturated heterocycles. The Morgan fingerprint density at radius 3 is 2.69 bits per heavy atom. The number of hydrogen-bond donors (Lipinski definition) is 3. The number of para-hydroxylation sites is 1. The standard InChI is InChI=1S/C30H35N7O5/c1-19(2)15-20-9-7-11-21-27(20)35-25(32-21)17-37-14-8-12-23(30(37)41)34-28(39)22(10-5-6-13-26(38)36(3)4)33-29(40)24-16-31-18-42-24/h6-9,11-14,16,18-19,22H,5,10,15,17H2,1-4H3,(H,32,35)(H,33,40)(H,34,39)/b13-6+/t22-/m0/s1. The zero-order chi connectivity index (χ0) is 30.2. The van der Waals surface area contributed by atoms with Gasteiger partial charge in [0.1, 0.15) is 17.6 Å². The molecule has 1 atom stereocenters. The molecule has 0 aliphatic carbocycles. The minimum absolute atomic E-state index is 0.0522. The van der Waals surface area contributed by atoms with E-state index in [0.717, 1.165) is 29.4 Å². The van der Waals surface area contributed by atoms with Gasteiger partial charge in [-0.25, -0.2) is 9.97 Å². The molecule has 12 heteroatoms. The molecule has 3 aromatic heterocycles. The number of nitrogens with one attached hydrogen (secondary N) is 3. The first-order valence-corrected chi connectivity index (χ1v) is 13.7. The van der Waals surface area contributed by atoms with Crippen LogP contribution in [-0.2, 0) is 22.6 Å². The van der Waals surface area contributed by atoms with E-state index in [2.05, 4.69) is 40.5 Å². The van der Waals surface area contributed by atoms with Gasteiger partial charge in [-0.2, -0.15) is 0 Å². The molecule has 4 rings (SSSR count). The largest absolute Gasteiger partial charge is 0.438 e. The van der Waals surface area contributed by atoms with Crippen LogP contribution in [0.5, 0.6) is 0 Å². The number of amides is 3. The van der Waals surface area contributed by atoms with Gasteiger partial charge in [0, 0.05) is 20.3 Å². The second-order valence-corrected chi connectivity index (χ2v) is 10.5. The molecule has 0 aliphatic heterocycles. The lowest BCUT2D eigenvalue weighted by Crippen LogP contribution is -2.44. The number of aromatic amines is 1. The van der Waals surface area contributed by atoms with Gasteiger partial charge < -0.3 is 29.5 Å². The monoisotopic (exact) mass is 573 g/mol. The summed E-state index contributed by atoms with van der Waals surface area (Å²) in [7, 11) is 3.26. The van der Waals surface area contributed by atoms with Crippen molar-refractivity contribution in [2.24, 2.45) is 5.92 Å². The normalized spacial score (nSPS) is 12.1. The Kier molecular flexibility index (Phi) is 9.69. The average molecular weight is 574 g/mol. The molecule has 4 aromatic rings. The minimum Gasteiger partial charge on any atom is -0.438 e. The number of oxazole rings is 1. The van der Waals surface area contributed by atoms with Gasteiger partial charge in [-0.15, -0.1) is 0 Å². The van der Waals surface area contributed by atoms with Crippen LogP contribution in [-0.4, -0.2) is 62.3 Å². The highest BCUT2D eigenvalue weighted by Gasteiger charge is 2.23. The Morgan fingerprint density at radius 1 is 1.17 bits per heavy atom. The number of pyridine rings is 1. The maximum atomic E-state index is 13.3. The van der Waals surface area contributed by atoms with Crippen LogP contribution in [0.4, 0.5) is 5.69 Å². The van der Waals surface area contributed by atoms with Gasteiger partial charge in [0.05, 0.1) is 23.8 Å². The Labute approximate surface area is 242 Å². The second-order valence-electron chi connectivity index (χ2n) is 10.5. The SMILES string of the molecule is CC(C)Cc1cccc2[nH]c(Cn3cccc(NC(=O)[C@H](CC/C=C/C(=O)N(C)C)NC(=O)c4cnco4)c3=O)nc12. The maximum absolute atomic E-state index is 13.3. The molecular formula is C30H35N7O5. The molecule has 0 radical (unpaired) electrons. The minimum atomic E-state index is -1.02. The number of carbonyl (C=O) groups excluding carboxylic acids is 3. The van der Waals surface area contributed by atoms with Gasteiger partial charge in [-0.3, -0.25) is 19.2 Å². The Hall–Kier alpha value is -5.00. The van der Waals surface area contributed by atoms with Crippen LogP contribution in [0.1, 0.15) is 48.6 Å². The molecule has 3 heterocycles. The van der Waals surface area contributed by atoms with Crippen molar-refractivity contribution in [2.75, 3.05) is 19.4 Å². The van der Waals surface area contributed by atoms with E-state index < -0.39 is 23.4 Å². The molecule has 12 nitrogen and oxygen atoms in total. The first-order valence-electron chi connectivity index (χ1n) is 13.7. The first kappa shape index (κ1) is 30.0. The van der Waals surface area contributed by atoms with Crippen molar-refractivity contribution >= 4 is 34.4 Å². The zero-order valence-electron chi connectivity index (χ0n) is 24.1. The zero-order valence-corrected chi connectivity index (χ0v) is 24.1. The third-order valence-electron chi connectivity index (χ3n) is 6.47. The number of allylic oxidation sites excluding steroid dienone is 1. The van der Waals surface area contributed by atoms with E-state index in [9.17, 15) is 19.2 Å². The summed E-state index contributed by atoms with van der Waals surface area (Å²) in [6.07, 6.45) is 8.36. The fourth-order valence-electron chi connectivity index (χ4n) is 4.38.